The number of fused-ring (bicyclic) bond motifs is 5. The van der Waals surface area contributed by atoms with Crippen molar-refractivity contribution in [3.8, 4) is 0 Å². The fraction of sp³-hybridized carbons (Fsp3) is 1.00. The lowest BCUT2D eigenvalue weighted by atomic mass is 9.82. The molecule has 15 heavy (non-hydrogen) atoms. The van der Waals surface area contributed by atoms with Crippen LogP contribution in [-0.2, 0) is 9.47 Å². The standard InChI is InChI=1S/C13H22O2/c1-14-13(15-2)10-6-11-8-3-4-9(5-8)12(11)7-10/h8-13H,3-7H2,1-2H3. The normalized spacial score (nSPS) is 47.8. The van der Waals surface area contributed by atoms with E-state index >= 15 is 0 Å². The van der Waals surface area contributed by atoms with Crippen molar-refractivity contribution in [2.75, 3.05) is 14.2 Å². The van der Waals surface area contributed by atoms with E-state index in [0.29, 0.717) is 5.92 Å². The van der Waals surface area contributed by atoms with Crippen LogP contribution in [0, 0.1) is 29.6 Å². The van der Waals surface area contributed by atoms with Crippen molar-refractivity contribution in [3.63, 3.8) is 0 Å². The number of ether oxygens (including phenoxy) is 2. The van der Waals surface area contributed by atoms with Crippen molar-refractivity contribution < 1.29 is 9.47 Å². The minimum absolute atomic E-state index is 0.0509. The van der Waals surface area contributed by atoms with Gasteiger partial charge in [0.25, 0.3) is 0 Å². The van der Waals surface area contributed by atoms with Gasteiger partial charge in [0.05, 0.1) is 0 Å². The molecule has 0 aromatic carbocycles. The molecule has 2 nitrogen and oxygen atoms in total. The maximum absolute atomic E-state index is 5.42. The van der Waals surface area contributed by atoms with Crippen molar-refractivity contribution in [1.82, 2.24) is 0 Å². The summed E-state index contributed by atoms with van der Waals surface area (Å²) >= 11 is 0. The van der Waals surface area contributed by atoms with Gasteiger partial charge in [-0.15, -0.1) is 0 Å². The van der Waals surface area contributed by atoms with Crippen molar-refractivity contribution >= 4 is 0 Å². The molecule has 0 saturated heterocycles. The first-order valence-corrected chi connectivity index (χ1v) is 6.39. The summed E-state index contributed by atoms with van der Waals surface area (Å²) in [7, 11) is 3.55. The minimum Gasteiger partial charge on any atom is -0.356 e. The van der Waals surface area contributed by atoms with E-state index < -0.39 is 0 Å². The zero-order valence-electron chi connectivity index (χ0n) is 9.82. The van der Waals surface area contributed by atoms with Crippen molar-refractivity contribution in [2.45, 2.75) is 38.4 Å². The molecule has 0 aromatic rings. The summed E-state index contributed by atoms with van der Waals surface area (Å²) in [6.45, 7) is 0. The maximum atomic E-state index is 5.42. The van der Waals surface area contributed by atoms with Crippen LogP contribution >= 0.6 is 0 Å². The van der Waals surface area contributed by atoms with Gasteiger partial charge in [-0.25, -0.2) is 0 Å². The van der Waals surface area contributed by atoms with Crippen LogP contribution in [-0.4, -0.2) is 20.5 Å². The topological polar surface area (TPSA) is 18.5 Å². The van der Waals surface area contributed by atoms with Gasteiger partial charge in [0.1, 0.15) is 0 Å². The van der Waals surface area contributed by atoms with Crippen LogP contribution in [0.3, 0.4) is 0 Å². The Kier molecular flexibility index (Phi) is 2.52. The van der Waals surface area contributed by atoms with Gasteiger partial charge in [-0.1, -0.05) is 0 Å². The molecule has 3 fully saturated rings. The summed E-state index contributed by atoms with van der Waals surface area (Å²) in [5, 5.41) is 0. The predicted octanol–water partition coefficient (Wildman–Crippen LogP) is 2.68. The first-order valence-electron chi connectivity index (χ1n) is 6.39. The molecule has 0 amide bonds. The number of hydrogen-bond donors (Lipinski definition) is 0. The zero-order valence-corrected chi connectivity index (χ0v) is 9.82. The molecule has 2 bridgehead atoms. The fourth-order valence-corrected chi connectivity index (χ4v) is 4.76. The summed E-state index contributed by atoms with van der Waals surface area (Å²) in [5.41, 5.74) is 0. The first-order chi connectivity index (χ1) is 7.33. The Balaban J connectivity index is 1.68. The lowest BCUT2D eigenvalue weighted by molar-refractivity contribution is -0.137. The molecule has 0 spiro atoms. The van der Waals surface area contributed by atoms with Crippen LogP contribution in [0.4, 0.5) is 0 Å². The van der Waals surface area contributed by atoms with E-state index in [1.54, 1.807) is 14.2 Å². The second kappa shape index (κ2) is 3.74. The van der Waals surface area contributed by atoms with Gasteiger partial charge in [-0.2, -0.15) is 0 Å². The highest BCUT2D eigenvalue weighted by Gasteiger charge is 2.53. The van der Waals surface area contributed by atoms with Gasteiger partial charge in [0.15, 0.2) is 6.29 Å². The summed E-state index contributed by atoms with van der Waals surface area (Å²) in [6.07, 6.45) is 7.31. The lowest BCUT2D eigenvalue weighted by Gasteiger charge is -2.23. The Hall–Kier alpha value is -0.0800. The van der Waals surface area contributed by atoms with E-state index in [9.17, 15) is 0 Å². The van der Waals surface area contributed by atoms with Crippen LogP contribution in [0.5, 0.6) is 0 Å². The Morgan fingerprint density at radius 1 is 0.867 bits per heavy atom. The van der Waals surface area contributed by atoms with Crippen LogP contribution in [0.15, 0.2) is 0 Å². The van der Waals surface area contributed by atoms with Crippen molar-refractivity contribution in [3.05, 3.63) is 0 Å². The molecule has 3 aliphatic carbocycles. The minimum atomic E-state index is 0.0509. The summed E-state index contributed by atoms with van der Waals surface area (Å²) in [5.74, 6) is 4.81. The summed E-state index contributed by atoms with van der Waals surface area (Å²) in [6, 6.07) is 0. The highest BCUT2D eigenvalue weighted by atomic mass is 16.7. The molecule has 4 unspecified atom stereocenters. The zero-order chi connectivity index (χ0) is 10.4. The molecule has 0 aliphatic heterocycles. The van der Waals surface area contributed by atoms with Gasteiger partial charge in [0, 0.05) is 20.1 Å². The molecule has 3 aliphatic rings. The Labute approximate surface area is 92.3 Å². The molecule has 86 valence electrons. The molecule has 4 atom stereocenters. The Morgan fingerprint density at radius 2 is 1.40 bits per heavy atom. The highest BCUT2D eigenvalue weighted by Crippen LogP contribution is 2.60. The third-order valence-corrected chi connectivity index (χ3v) is 5.27. The van der Waals surface area contributed by atoms with Gasteiger partial charge < -0.3 is 9.47 Å². The lowest BCUT2D eigenvalue weighted by Crippen LogP contribution is -2.23. The SMILES string of the molecule is COC(OC)C1CC2C3CCC(C3)C2C1. The van der Waals surface area contributed by atoms with E-state index in [0.717, 1.165) is 23.7 Å². The third-order valence-electron chi connectivity index (χ3n) is 5.27. The average Bonchev–Trinajstić information content (AvgIpc) is 2.90. The quantitative estimate of drug-likeness (QED) is 0.667. The molecular weight excluding hydrogens is 188 g/mol. The van der Waals surface area contributed by atoms with Gasteiger partial charge in [-0.3, -0.25) is 0 Å². The summed E-state index contributed by atoms with van der Waals surface area (Å²) in [4.78, 5) is 0. The molecular formula is C13H22O2. The van der Waals surface area contributed by atoms with Crippen LogP contribution < -0.4 is 0 Å². The molecule has 3 saturated carbocycles. The van der Waals surface area contributed by atoms with Crippen molar-refractivity contribution in [1.29, 1.82) is 0 Å². The van der Waals surface area contributed by atoms with Crippen LogP contribution in [0.2, 0.25) is 0 Å². The molecule has 0 heterocycles. The number of methoxy groups -OCH3 is 2. The summed E-state index contributed by atoms with van der Waals surface area (Å²) < 4.78 is 10.8. The van der Waals surface area contributed by atoms with Crippen LogP contribution in [0.25, 0.3) is 0 Å². The van der Waals surface area contributed by atoms with Gasteiger partial charge in [-0.05, 0) is 55.8 Å². The monoisotopic (exact) mass is 210 g/mol. The molecule has 3 rings (SSSR count). The van der Waals surface area contributed by atoms with E-state index in [1.165, 1.54) is 32.1 Å². The Morgan fingerprint density at radius 3 is 1.87 bits per heavy atom. The molecule has 0 N–H and O–H groups in total. The van der Waals surface area contributed by atoms with Gasteiger partial charge in [0.2, 0.25) is 0 Å². The maximum Gasteiger partial charge on any atom is 0.159 e. The van der Waals surface area contributed by atoms with E-state index in [4.69, 9.17) is 9.47 Å². The third kappa shape index (κ3) is 1.45. The smallest absolute Gasteiger partial charge is 0.159 e. The van der Waals surface area contributed by atoms with Gasteiger partial charge >= 0.3 is 0 Å². The van der Waals surface area contributed by atoms with E-state index in [-0.39, 0.29) is 6.29 Å². The largest absolute Gasteiger partial charge is 0.356 e. The fourth-order valence-electron chi connectivity index (χ4n) is 4.76. The van der Waals surface area contributed by atoms with E-state index in [2.05, 4.69) is 0 Å². The van der Waals surface area contributed by atoms with Crippen LogP contribution in [0.1, 0.15) is 32.1 Å². The number of rotatable bonds is 3. The highest BCUT2D eigenvalue weighted by molar-refractivity contribution is 5.01. The average molecular weight is 210 g/mol. The second-order valence-electron chi connectivity index (χ2n) is 5.73. The number of hydrogen-bond acceptors (Lipinski definition) is 2. The Bertz CT molecular complexity index is 219. The van der Waals surface area contributed by atoms with E-state index in [1.807, 2.05) is 0 Å². The van der Waals surface area contributed by atoms with Crippen molar-refractivity contribution in [2.24, 2.45) is 29.6 Å². The molecule has 0 radical (unpaired) electrons. The molecule has 2 heteroatoms. The predicted molar refractivity (Wildman–Crippen MR) is 58.3 cm³/mol. The molecule has 0 aromatic heterocycles. The first kappa shape index (κ1) is 10.1. The second-order valence-corrected chi connectivity index (χ2v) is 5.73.